The Bertz CT molecular complexity index is 1590. The third-order valence-corrected chi connectivity index (χ3v) is 9.73. The van der Waals surface area contributed by atoms with Crippen molar-refractivity contribution in [2.45, 2.75) is 28.5 Å². The zero-order valence-electron chi connectivity index (χ0n) is 19.8. The molecule has 1 saturated carbocycles. The monoisotopic (exact) mass is 600 g/mol. The molecular formula is C26H15Cl2F5N2O5. The Morgan fingerprint density at radius 1 is 0.850 bits per heavy atom. The lowest BCUT2D eigenvalue weighted by Gasteiger charge is -2.50. The van der Waals surface area contributed by atoms with E-state index in [1.54, 1.807) is 0 Å². The summed E-state index contributed by atoms with van der Waals surface area (Å²) >= 11 is 13.8. The molecule has 4 amide bonds. The molecule has 4 aliphatic rings. The number of fused-ring (bicyclic) bond motifs is 4. The van der Waals surface area contributed by atoms with Gasteiger partial charge in [-0.25, -0.2) is 26.9 Å². The number of aromatic hydroxyl groups is 1. The molecule has 3 fully saturated rings. The Labute approximate surface area is 231 Å². The fourth-order valence-corrected chi connectivity index (χ4v) is 7.48. The van der Waals surface area contributed by atoms with Gasteiger partial charge in [0.2, 0.25) is 17.6 Å². The number of carbonyl (C=O) groups excluding carboxylic acids is 4. The molecule has 208 valence electrons. The second-order valence-corrected chi connectivity index (χ2v) is 11.3. The number of alkyl halides is 2. The standard InChI is InChI=1S/C26H15Cl2F5N2O5/c27-25-7-11-8(5-6-10-13(11)22(38)34-21(10)37)14(9-3-1-2-4-12(9)36)26(25,28)24(40)35(23(25)39)20-18(32)16(30)15(29)17(31)19(20)33/h1-5,10-11,13-14,36H,6-7H2,(H,34,37,38)/t10-,11+,13-,14+,25+,26-/m0/s1. The van der Waals surface area contributed by atoms with E-state index < -0.39 is 104 Å². The Balaban J connectivity index is 1.62. The van der Waals surface area contributed by atoms with Crippen LogP contribution in [0.25, 0.3) is 0 Å². The lowest BCUT2D eigenvalue weighted by Crippen LogP contribution is -2.60. The Morgan fingerprint density at radius 3 is 2.08 bits per heavy atom. The molecule has 2 heterocycles. The Kier molecular flexibility index (Phi) is 5.67. The van der Waals surface area contributed by atoms with Crippen LogP contribution >= 0.6 is 23.2 Å². The molecular weight excluding hydrogens is 586 g/mol. The smallest absolute Gasteiger partial charge is 0.258 e. The third-order valence-electron chi connectivity index (χ3n) is 8.31. The molecule has 2 aromatic rings. The van der Waals surface area contributed by atoms with Crippen LogP contribution in [0.3, 0.4) is 0 Å². The lowest BCUT2D eigenvalue weighted by atomic mass is 9.56. The predicted octanol–water partition coefficient (Wildman–Crippen LogP) is 3.94. The SMILES string of the molecule is O=C1NC(=O)[C@H]2CC=C3[C@@H](C[C@@]4(Cl)C(=O)N(c5c(F)c(F)c(F)c(F)c5F)C(=O)[C@@]4(Cl)[C@H]3c3ccccc3O)[C@@H]12. The van der Waals surface area contributed by atoms with Gasteiger partial charge < -0.3 is 5.11 Å². The molecule has 2 aliphatic carbocycles. The molecule has 7 nitrogen and oxygen atoms in total. The molecule has 0 radical (unpaired) electrons. The minimum atomic E-state index is -2.67. The number of imide groups is 2. The van der Waals surface area contributed by atoms with Gasteiger partial charge in [-0.3, -0.25) is 24.5 Å². The first-order chi connectivity index (χ1) is 18.8. The van der Waals surface area contributed by atoms with Gasteiger partial charge in [-0.2, -0.15) is 0 Å². The van der Waals surface area contributed by atoms with Gasteiger partial charge in [-0.15, -0.1) is 23.2 Å². The van der Waals surface area contributed by atoms with Crippen LogP contribution in [0.4, 0.5) is 27.6 Å². The summed E-state index contributed by atoms with van der Waals surface area (Å²) in [6, 6.07) is 5.46. The number of allylic oxidation sites excluding steroid dienone is 2. The zero-order chi connectivity index (χ0) is 29.0. The van der Waals surface area contributed by atoms with E-state index in [-0.39, 0.29) is 22.5 Å². The average molecular weight is 601 g/mol. The number of carbonyl (C=O) groups is 4. The maximum atomic E-state index is 14.9. The van der Waals surface area contributed by atoms with Crippen LogP contribution in [-0.2, 0) is 19.2 Å². The van der Waals surface area contributed by atoms with Crippen molar-refractivity contribution in [2.75, 3.05) is 4.90 Å². The minimum Gasteiger partial charge on any atom is -0.508 e. The number of nitrogens with zero attached hydrogens (tertiary/aromatic N) is 1. The van der Waals surface area contributed by atoms with E-state index in [2.05, 4.69) is 5.32 Å². The quantitative estimate of drug-likeness (QED) is 0.136. The minimum absolute atomic E-state index is 0.0178. The van der Waals surface area contributed by atoms with E-state index in [0.717, 1.165) is 0 Å². The fourth-order valence-electron chi connectivity index (χ4n) is 6.55. The number of phenols is 1. The van der Waals surface area contributed by atoms with Crippen LogP contribution in [0.2, 0.25) is 0 Å². The van der Waals surface area contributed by atoms with Gasteiger partial charge >= 0.3 is 0 Å². The van der Waals surface area contributed by atoms with E-state index in [1.807, 2.05) is 0 Å². The summed E-state index contributed by atoms with van der Waals surface area (Å²) in [6.07, 6.45) is 0.941. The highest BCUT2D eigenvalue weighted by Crippen LogP contribution is 2.66. The number of halogens is 7. The van der Waals surface area contributed by atoms with Crippen LogP contribution in [0.1, 0.15) is 24.3 Å². The topological polar surface area (TPSA) is 104 Å². The number of amides is 4. The van der Waals surface area contributed by atoms with Gasteiger partial charge in [-0.05, 0) is 24.8 Å². The molecule has 6 atom stereocenters. The van der Waals surface area contributed by atoms with Gasteiger partial charge in [0.15, 0.2) is 33.0 Å². The Morgan fingerprint density at radius 2 is 1.45 bits per heavy atom. The summed E-state index contributed by atoms with van der Waals surface area (Å²) in [4.78, 5) is 47.5. The van der Waals surface area contributed by atoms with Crippen molar-refractivity contribution in [1.29, 1.82) is 0 Å². The molecule has 6 rings (SSSR count). The molecule has 40 heavy (non-hydrogen) atoms. The number of anilines is 1. The van der Waals surface area contributed by atoms with Crippen molar-refractivity contribution < 1.29 is 46.2 Å². The number of hydrogen-bond acceptors (Lipinski definition) is 5. The van der Waals surface area contributed by atoms with E-state index >= 15 is 0 Å². The fraction of sp³-hybridized carbons (Fsp3) is 0.308. The number of para-hydroxylation sites is 1. The maximum Gasteiger partial charge on any atom is 0.258 e. The summed E-state index contributed by atoms with van der Waals surface area (Å²) in [5.41, 5.74) is -1.66. The lowest BCUT2D eigenvalue weighted by molar-refractivity contribution is -0.127. The second kappa shape index (κ2) is 8.50. The summed E-state index contributed by atoms with van der Waals surface area (Å²) in [6.45, 7) is 0. The number of benzene rings is 2. The molecule has 14 heteroatoms. The van der Waals surface area contributed by atoms with Gasteiger partial charge in [0.05, 0.1) is 11.8 Å². The van der Waals surface area contributed by atoms with E-state index in [9.17, 15) is 46.2 Å². The number of nitrogens with one attached hydrogen (secondary N) is 1. The van der Waals surface area contributed by atoms with Crippen molar-refractivity contribution in [3.63, 3.8) is 0 Å². The van der Waals surface area contributed by atoms with E-state index in [4.69, 9.17) is 23.2 Å². The van der Waals surface area contributed by atoms with Crippen LogP contribution in [0.5, 0.6) is 5.75 Å². The van der Waals surface area contributed by atoms with Gasteiger partial charge in [0.25, 0.3) is 11.8 Å². The van der Waals surface area contributed by atoms with Crippen molar-refractivity contribution >= 4 is 52.5 Å². The Hall–Kier alpha value is -3.51. The highest BCUT2D eigenvalue weighted by Gasteiger charge is 2.77. The third kappa shape index (κ3) is 3.06. The van der Waals surface area contributed by atoms with Gasteiger partial charge in [0, 0.05) is 11.5 Å². The van der Waals surface area contributed by atoms with Crippen LogP contribution < -0.4 is 10.2 Å². The summed E-state index contributed by atoms with van der Waals surface area (Å²) in [5.74, 6) is -21.6. The number of hydrogen-bond donors (Lipinski definition) is 2. The highest BCUT2D eigenvalue weighted by atomic mass is 35.5. The summed E-state index contributed by atoms with van der Waals surface area (Å²) in [5, 5.41) is 13.0. The molecule has 0 unspecified atom stereocenters. The van der Waals surface area contributed by atoms with Crippen LogP contribution in [0.15, 0.2) is 35.9 Å². The van der Waals surface area contributed by atoms with Gasteiger partial charge in [-0.1, -0.05) is 29.8 Å². The normalized spacial score (nSPS) is 33.0. The second-order valence-electron chi connectivity index (χ2n) is 10.1. The van der Waals surface area contributed by atoms with Crippen LogP contribution in [0, 0.1) is 46.8 Å². The van der Waals surface area contributed by atoms with Crippen molar-refractivity contribution in [2.24, 2.45) is 17.8 Å². The summed E-state index contributed by atoms with van der Waals surface area (Å²) < 4.78 is 71.8. The first-order valence-corrected chi connectivity index (χ1v) is 12.6. The first kappa shape index (κ1) is 26.7. The number of rotatable bonds is 2. The zero-order valence-corrected chi connectivity index (χ0v) is 21.3. The average Bonchev–Trinajstić information content (AvgIpc) is 3.29. The van der Waals surface area contributed by atoms with E-state index in [1.165, 1.54) is 30.3 Å². The molecule has 2 aliphatic heterocycles. The predicted molar refractivity (Wildman–Crippen MR) is 128 cm³/mol. The molecule has 2 aromatic carbocycles. The molecule has 0 aromatic heterocycles. The van der Waals surface area contributed by atoms with Gasteiger partial charge in [0.1, 0.15) is 11.4 Å². The van der Waals surface area contributed by atoms with Crippen molar-refractivity contribution in [1.82, 2.24) is 5.32 Å². The number of phenolic OH excluding ortho intramolecular Hbond substituents is 1. The largest absolute Gasteiger partial charge is 0.508 e. The van der Waals surface area contributed by atoms with Crippen molar-refractivity contribution in [3.8, 4) is 5.75 Å². The van der Waals surface area contributed by atoms with Crippen molar-refractivity contribution in [3.05, 3.63) is 70.6 Å². The maximum absolute atomic E-state index is 14.9. The molecule has 2 saturated heterocycles. The highest BCUT2D eigenvalue weighted by molar-refractivity contribution is 6.58. The molecule has 0 spiro atoms. The van der Waals surface area contributed by atoms with Crippen LogP contribution in [-0.4, -0.2) is 38.5 Å². The summed E-state index contributed by atoms with van der Waals surface area (Å²) in [7, 11) is 0. The molecule has 0 bridgehead atoms. The molecule has 2 N–H and O–H groups in total. The van der Waals surface area contributed by atoms with E-state index in [0.29, 0.717) is 0 Å². The first-order valence-electron chi connectivity index (χ1n) is 11.9.